The van der Waals surface area contributed by atoms with Gasteiger partial charge in [0.15, 0.2) is 0 Å². The number of benzene rings is 1. The van der Waals surface area contributed by atoms with Gasteiger partial charge in [-0.1, -0.05) is 12.1 Å². The van der Waals surface area contributed by atoms with Gasteiger partial charge < -0.3 is 25.0 Å². The summed E-state index contributed by atoms with van der Waals surface area (Å²) in [5, 5.41) is 22.8. The highest BCUT2D eigenvalue weighted by Crippen LogP contribution is 2.25. The van der Waals surface area contributed by atoms with E-state index in [1.54, 1.807) is 40.0 Å². The van der Waals surface area contributed by atoms with Gasteiger partial charge in [-0.25, -0.2) is 4.79 Å². The Morgan fingerprint density at radius 1 is 1.30 bits per heavy atom. The molecule has 6 heteroatoms. The van der Waals surface area contributed by atoms with E-state index in [1.165, 1.54) is 0 Å². The van der Waals surface area contributed by atoms with Crippen LogP contribution in [0.15, 0.2) is 18.2 Å². The third kappa shape index (κ3) is 6.46. The number of aliphatic hydroxyl groups is 2. The summed E-state index contributed by atoms with van der Waals surface area (Å²) in [7, 11) is 1.56. The molecule has 0 aliphatic rings. The van der Waals surface area contributed by atoms with Crippen LogP contribution in [0.3, 0.4) is 0 Å². The maximum atomic E-state index is 11.5. The van der Waals surface area contributed by atoms with Gasteiger partial charge in [0.1, 0.15) is 17.5 Å². The van der Waals surface area contributed by atoms with Crippen molar-refractivity contribution in [2.45, 2.75) is 51.9 Å². The number of nitrogens with one attached hydrogen (secondary N) is 1. The number of hydrogen-bond donors (Lipinski definition) is 3. The molecule has 1 aromatic rings. The molecule has 1 aromatic carbocycles. The lowest BCUT2D eigenvalue weighted by Crippen LogP contribution is -2.34. The molecule has 0 bridgehead atoms. The monoisotopic (exact) mass is 325 g/mol. The molecule has 130 valence electrons. The zero-order chi connectivity index (χ0) is 17.6. The molecular weight excluding hydrogens is 298 g/mol. The quantitative estimate of drug-likeness (QED) is 0.747. The van der Waals surface area contributed by atoms with E-state index in [1.807, 2.05) is 13.0 Å². The second-order valence-electron chi connectivity index (χ2n) is 6.46. The fourth-order valence-corrected chi connectivity index (χ4v) is 2.04. The van der Waals surface area contributed by atoms with Gasteiger partial charge in [-0.2, -0.15) is 0 Å². The molecule has 0 radical (unpaired) electrons. The van der Waals surface area contributed by atoms with Gasteiger partial charge in [-0.05, 0) is 51.3 Å². The molecule has 0 aromatic heterocycles. The Balaban J connectivity index is 2.51. The Morgan fingerprint density at radius 3 is 2.52 bits per heavy atom. The first-order valence-electron chi connectivity index (χ1n) is 7.61. The van der Waals surface area contributed by atoms with Gasteiger partial charge in [-0.3, -0.25) is 0 Å². The van der Waals surface area contributed by atoms with Crippen LogP contribution in [0.1, 0.15) is 44.4 Å². The molecule has 0 spiro atoms. The standard InChI is InChI=1S/C17H27NO5/c1-11-6-7-12(10-14(11)22-5)15(20)13(19)8-9-18-16(21)23-17(2,3)4/h6-7,10,13,15,19-20H,8-9H2,1-5H3,(H,18,21). The Kier molecular flexibility index (Phi) is 6.84. The van der Waals surface area contributed by atoms with Crippen LogP contribution in [0.5, 0.6) is 5.75 Å². The summed E-state index contributed by atoms with van der Waals surface area (Å²) in [6.07, 6.45) is -2.39. The van der Waals surface area contributed by atoms with Gasteiger partial charge >= 0.3 is 6.09 Å². The first kappa shape index (κ1) is 19.3. The minimum atomic E-state index is -1.05. The van der Waals surface area contributed by atoms with E-state index in [-0.39, 0.29) is 13.0 Å². The number of methoxy groups -OCH3 is 1. The smallest absolute Gasteiger partial charge is 0.407 e. The van der Waals surface area contributed by atoms with E-state index in [9.17, 15) is 15.0 Å². The highest BCUT2D eigenvalue weighted by molar-refractivity contribution is 5.67. The largest absolute Gasteiger partial charge is 0.496 e. The minimum absolute atomic E-state index is 0.205. The predicted octanol–water partition coefficient (Wildman–Crippen LogP) is 2.31. The summed E-state index contributed by atoms with van der Waals surface area (Å²) in [6, 6.07) is 5.26. The summed E-state index contributed by atoms with van der Waals surface area (Å²) in [5.74, 6) is 0.653. The number of aryl methyl sites for hydroxylation is 1. The number of alkyl carbamates (subject to hydrolysis) is 1. The average molecular weight is 325 g/mol. The molecular formula is C17H27NO5. The van der Waals surface area contributed by atoms with Crippen molar-refractivity contribution < 1.29 is 24.5 Å². The third-order valence-electron chi connectivity index (χ3n) is 3.25. The van der Waals surface area contributed by atoms with Crippen molar-refractivity contribution in [3.05, 3.63) is 29.3 Å². The minimum Gasteiger partial charge on any atom is -0.496 e. The van der Waals surface area contributed by atoms with Gasteiger partial charge in [0.25, 0.3) is 0 Å². The van der Waals surface area contributed by atoms with Crippen molar-refractivity contribution in [3.63, 3.8) is 0 Å². The van der Waals surface area contributed by atoms with Crippen LogP contribution < -0.4 is 10.1 Å². The van der Waals surface area contributed by atoms with Crippen LogP contribution in [-0.4, -0.2) is 41.7 Å². The number of rotatable bonds is 6. The molecule has 3 N–H and O–H groups in total. The van der Waals surface area contributed by atoms with Crippen LogP contribution in [0.4, 0.5) is 4.79 Å². The summed E-state index contributed by atoms with van der Waals surface area (Å²) in [6.45, 7) is 7.42. The lowest BCUT2D eigenvalue weighted by atomic mass is 10.0. The van der Waals surface area contributed by atoms with Crippen molar-refractivity contribution in [2.24, 2.45) is 0 Å². The van der Waals surface area contributed by atoms with E-state index in [2.05, 4.69) is 5.32 Å². The van der Waals surface area contributed by atoms with Crippen LogP contribution in [0.2, 0.25) is 0 Å². The number of hydrogen-bond acceptors (Lipinski definition) is 5. The van der Waals surface area contributed by atoms with Crippen LogP contribution in [0, 0.1) is 6.92 Å². The van der Waals surface area contributed by atoms with Crippen molar-refractivity contribution in [1.29, 1.82) is 0 Å². The van der Waals surface area contributed by atoms with Crippen LogP contribution in [0.25, 0.3) is 0 Å². The van der Waals surface area contributed by atoms with E-state index in [0.717, 1.165) is 5.56 Å². The maximum absolute atomic E-state index is 11.5. The van der Waals surface area contributed by atoms with Gasteiger partial charge in [-0.15, -0.1) is 0 Å². The summed E-state index contributed by atoms with van der Waals surface area (Å²) in [5.41, 5.74) is 0.947. The van der Waals surface area contributed by atoms with Gasteiger partial charge in [0.05, 0.1) is 13.2 Å². The first-order chi connectivity index (χ1) is 10.6. The molecule has 0 aliphatic heterocycles. The van der Waals surface area contributed by atoms with E-state index < -0.39 is 23.9 Å². The number of carbonyl (C=O) groups excluding carboxylic acids is 1. The van der Waals surface area contributed by atoms with Gasteiger partial charge in [0.2, 0.25) is 0 Å². The molecule has 1 rings (SSSR count). The van der Waals surface area contributed by atoms with Gasteiger partial charge in [0, 0.05) is 6.54 Å². The molecule has 0 heterocycles. The summed E-state index contributed by atoms with van der Waals surface area (Å²) in [4.78, 5) is 11.5. The lowest BCUT2D eigenvalue weighted by Gasteiger charge is -2.21. The molecule has 1 amide bonds. The fraction of sp³-hybridized carbons (Fsp3) is 0.588. The third-order valence-corrected chi connectivity index (χ3v) is 3.25. The number of aliphatic hydroxyl groups excluding tert-OH is 2. The first-order valence-corrected chi connectivity index (χ1v) is 7.61. The maximum Gasteiger partial charge on any atom is 0.407 e. The molecule has 0 saturated heterocycles. The molecule has 2 unspecified atom stereocenters. The van der Waals surface area contributed by atoms with Crippen LogP contribution >= 0.6 is 0 Å². The normalized spacial score (nSPS) is 14.0. The van der Waals surface area contributed by atoms with Crippen molar-refractivity contribution in [2.75, 3.05) is 13.7 Å². The Bertz CT molecular complexity index is 524. The average Bonchev–Trinajstić information content (AvgIpc) is 2.45. The highest BCUT2D eigenvalue weighted by Gasteiger charge is 2.20. The zero-order valence-corrected chi connectivity index (χ0v) is 14.4. The number of ether oxygens (including phenoxy) is 2. The Morgan fingerprint density at radius 2 is 1.96 bits per heavy atom. The van der Waals surface area contributed by atoms with Crippen molar-refractivity contribution in [1.82, 2.24) is 5.32 Å². The van der Waals surface area contributed by atoms with Crippen molar-refractivity contribution in [3.8, 4) is 5.75 Å². The Labute approximate surface area is 137 Å². The zero-order valence-electron chi connectivity index (χ0n) is 14.4. The second kappa shape index (κ2) is 8.17. The predicted molar refractivity (Wildman–Crippen MR) is 87.6 cm³/mol. The molecule has 2 atom stereocenters. The summed E-state index contributed by atoms with van der Waals surface area (Å²) < 4.78 is 10.3. The second-order valence-corrected chi connectivity index (χ2v) is 6.46. The molecule has 6 nitrogen and oxygen atoms in total. The van der Waals surface area contributed by atoms with E-state index in [0.29, 0.717) is 11.3 Å². The molecule has 23 heavy (non-hydrogen) atoms. The molecule has 0 aliphatic carbocycles. The Hall–Kier alpha value is -1.79. The molecule has 0 fully saturated rings. The number of carbonyl (C=O) groups is 1. The molecule has 0 saturated carbocycles. The topological polar surface area (TPSA) is 88.0 Å². The summed E-state index contributed by atoms with van der Waals surface area (Å²) >= 11 is 0. The number of amides is 1. The van der Waals surface area contributed by atoms with E-state index in [4.69, 9.17) is 9.47 Å². The lowest BCUT2D eigenvalue weighted by molar-refractivity contribution is 0.0122. The van der Waals surface area contributed by atoms with Crippen molar-refractivity contribution >= 4 is 6.09 Å². The SMILES string of the molecule is COc1cc(C(O)C(O)CCNC(=O)OC(C)(C)C)ccc1C. The fourth-order valence-electron chi connectivity index (χ4n) is 2.04. The highest BCUT2D eigenvalue weighted by atomic mass is 16.6. The van der Waals surface area contributed by atoms with E-state index >= 15 is 0 Å². The van der Waals surface area contributed by atoms with Crippen LogP contribution in [-0.2, 0) is 4.74 Å².